The molecule has 1 N–H and O–H groups in total. The normalized spacial score (nSPS) is 11.3. The van der Waals surface area contributed by atoms with E-state index in [1.54, 1.807) is 0 Å². The van der Waals surface area contributed by atoms with E-state index in [4.69, 9.17) is 4.74 Å². The minimum absolute atomic E-state index is 0.0599. The number of nitrogens with one attached hydrogen (secondary N) is 1. The smallest absolute Gasteiger partial charge is 0.407 e. The van der Waals surface area contributed by atoms with Gasteiger partial charge >= 0.3 is 6.09 Å². The Balaban J connectivity index is 2.24. The van der Waals surface area contributed by atoms with Crippen molar-refractivity contribution in [2.24, 2.45) is 5.41 Å². The van der Waals surface area contributed by atoms with E-state index in [1.807, 2.05) is 62.4 Å². The van der Waals surface area contributed by atoms with Gasteiger partial charge in [0.25, 0.3) is 0 Å². The molecule has 0 fully saturated rings. The molecule has 0 aliphatic rings. The van der Waals surface area contributed by atoms with Gasteiger partial charge in [-0.2, -0.15) is 0 Å². The fourth-order valence-electron chi connectivity index (χ4n) is 1.35. The van der Waals surface area contributed by atoms with Gasteiger partial charge in [-0.3, -0.25) is 0 Å². The predicted molar refractivity (Wildman–Crippen MR) is 77.7 cm³/mol. The molecule has 0 saturated carbocycles. The molecule has 1 rings (SSSR count). The van der Waals surface area contributed by atoms with E-state index >= 15 is 0 Å². The number of ether oxygens (including phenoxy) is 1. The Bertz CT molecular complexity index is 435. The van der Waals surface area contributed by atoms with Crippen LogP contribution < -0.4 is 5.32 Å². The molecule has 3 heteroatoms. The molecule has 3 nitrogen and oxygen atoms in total. The number of alkyl carbamates (subject to hydrolysis) is 1. The predicted octanol–water partition coefficient (Wildman–Crippen LogP) is 3.68. The van der Waals surface area contributed by atoms with E-state index in [0.29, 0.717) is 6.54 Å². The zero-order chi connectivity index (χ0) is 14.1. The van der Waals surface area contributed by atoms with Crippen LogP contribution in [0.4, 0.5) is 4.79 Å². The minimum atomic E-state index is -0.412. The van der Waals surface area contributed by atoms with Gasteiger partial charge in [0.05, 0.1) is 0 Å². The molecular weight excluding hydrogens is 238 g/mol. The zero-order valence-electron chi connectivity index (χ0n) is 11.6. The average Bonchev–Trinajstić information content (AvgIpc) is 2.42. The molecule has 0 heterocycles. The van der Waals surface area contributed by atoms with E-state index < -0.39 is 6.09 Å². The van der Waals surface area contributed by atoms with Crippen LogP contribution in [0.25, 0.3) is 0 Å². The van der Waals surface area contributed by atoms with Crippen LogP contribution >= 0.6 is 0 Å². The topological polar surface area (TPSA) is 38.3 Å². The Morgan fingerprint density at radius 2 is 2.05 bits per heavy atom. The largest absolute Gasteiger partial charge is 0.445 e. The Morgan fingerprint density at radius 3 is 2.68 bits per heavy atom. The maximum atomic E-state index is 11.4. The van der Waals surface area contributed by atoms with Crippen molar-refractivity contribution in [3.8, 4) is 0 Å². The molecule has 0 aliphatic heterocycles. The van der Waals surface area contributed by atoms with E-state index in [0.717, 1.165) is 5.56 Å². The quantitative estimate of drug-likeness (QED) is 0.791. The summed E-state index contributed by atoms with van der Waals surface area (Å²) in [6.07, 6.45) is 5.34. The van der Waals surface area contributed by atoms with Crippen molar-refractivity contribution in [2.45, 2.75) is 20.5 Å². The summed E-state index contributed by atoms with van der Waals surface area (Å²) < 4.78 is 5.08. The summed E-state index contributed by atoms with van der Waals surface area (Å²) in [5.74, 6) is 0. The Labute approximate surface area is 115 Å². The summed E-state index contributed by atoms with van der Waals surface area (Å²) in [7, 11) is 0. The number of rotatable bonds is 6. The highest BCUT2D eigenvalue weighted by molar-refractivity contribution is 5.67. The Hall–Kier alpha value is -2.03. The molecule has 1 amide bonds. The average molecular weight is 259 g/mol. The van der Waals surface area contributed by atoms with Gasteiger partial charge in [0, 0.05) is 12.0 Å². The van der Waals surface area contributed by atoms with Gasteiger partial charge < -0.3 is 10.1 Å². The Kier molecular flexibility index (Phi) is 5.86. The second-order valence-electron chi connectivity index (χ2n) is 4.87. The first kappa shape index (κ1) is 15.0. The third-order valence-corrected chi connectivity index (χ3v) is 2.65. The van der Waals surface area contributed by atoms with Gasteiger partial charge in [0.2, 0.25) is 0 Å². The number of benzene rings is 1. The zero-order valence-corrected chi connectivity index (χ0v) is 11.6. The summed E-state index contributed by atoms with van der Waals surface area (Å²) >= 11 is 0. The van der Waals surface area contributed by atoms with Gasteiger partial charge in [-0.1, -0.05) is 62.4 Å². The summed E-state index contributed by atoms with van der Waals surface area (Å²) in [6, 6.07) is 9.59. The van der Waals surface area contributed by atoms with Crippen LogP contribution in [0.15, 0.2) is 55.1 Å². The van der Waals surface area contributed by atoms with E-state index in [2.05, 4.69) is 11.9 Å². The lowest BCUT2D eigenvalue weighted by molar-refractivity contribution is 0.140. The molecule has 0 radical (unpaired) electrons. The third-order valence-electron chi connectivity index (χ3n) is 2.65. The fourth-order valence-corrected chi connectivity index (χ4v) is 1.35. The fraction of sp³-hybridized carbons (Fsp3) is 0.312. The lowest BCUT2D eigenvalue weighted by Gasteiger charge is -2.13. The standard InChI is InChI=1S/C16H21NO2/c1-4-16(2,3)11-8-12-17-15(18)19-13-14-9-6-5-7-10-14/h4-11H,1,12-13H2,2-3H3,(H,17,18)/b11-8+. The SMILES string of the molecule is C=CC(C)(C)/C=C/CNC(=O)OCc1ccccc1. The van der Waals surface area contributed by atoms with Crippen LogP contribution in [-0.2, 0) is 11.3 Å². The first-order valence-electron chi connectivity index (χ1n) is 6.29. The van der Waals surface area contributed by atoms with Crippen LogP contribution in [0.2, 0.25) is 0 Å². The van der Waals surface area contributed by atoms with Gasteiger partial charge in [0.15, 0.2) is 0 Å². The molecule has 0 unspecified atom stereocenters. The highest BCUT2D eigenvalue weighted by Gasteiger charge is 2.06. The van der Waals surface area contributed by atoms with Crippen molar-refractivity contribution in [3.05, 3.63) is 60.7 Å². The van der Waals surface area contributed by atoms with Crippen LogP contribution in [0, 0.1) is 5.41 Å². The number of hydrogen-bond acceptors (Lipinski definition) is 2. The third kappa shape index (κ3) is 6.46. The van der Waals surface area contributed by atoms with Gasteiger partial charge in [-0.25, -0.2) is 4.79 Å². The first-order chi connectivity index (χ1) is 9.03. The lowest BCUT2D eigenvalue weighted by Crippen LogP contribution is -2.24. The van der Waals surface area contributed by atoms with Crippen LogP contribution in [0.3, 0.4) is 0 Å². The number of carbonyl (C=O) groups excluding carboxylic acids is 1. The van der Waals surface area contributed by atoms with Crippen molar-refractivity contribution in [1.82, 2.24) is 5.32 Å². The minimum Gasteiger partial charge on any atom is -0.445 e. The van der Waals surface area contributed by atoms with Gasteiger partial charge in [0.1, 0.15) is 6.61 Å². The van der Waals surface area contributed by atoms with E-state index in [1.165, 1.54) is 0 Å². The van der Waals surface area contributed by atoms with Crippen molar-refractivity contribution >= 4 is 6.09 Å². The molecule has 0 bridgehead atoms. The van der Waals surface area contributed by atoms with Crippen LogP contribution in [-0.4, -0.2) is 12.6 Å². The molecule has 0 saturated heterocycles. The molecule has 1 aromatic carbocycles. The molecule has 0 spiro atoms. The molecule has 0 aromatic heterocycles. The Morgan fingerprint density at radius 1 is 1.37 bits per heavy atom. The molecule has 19 heavy (non-hydrogen) atoms. The monoisotopic (exact) mass is 259 g/mol. The van der Waals surface area contributed by atoms with E-state index in [-0.39, 0.29) is 12.0 Å². The van der Waals surface area contributed by atoms with Crippen LogP contribution in [0.1, 0.15) is 19.4 Å². The maximum absolute atomic E-state index is 11.4. The molecule has 102 valence electrons. The summed E-state index contributed by atoms with van der Waals surface area (Å²) in [5.41, 5.74) is 0.913. The first-order valence-corrected chi connectivity index (χ1v) is 6.29. The summed E-state index contributed by atoms with van der Waals surface area (Å²) in [5, 5.41) is 2.67. The number of amides is 1. The molecular formula is C16H21NO2. The van der Waals surface area contributed by atoms with Crippen molar-refractivity contribution < 1.29 is 9.53 Å². The maximum Gasteiger partial charge on any atom is 0.407 e. The number of allylic oxidation sites excluding steroid dienone is 2. The molecule has 0 aliphatic carbocycles. The molecule has 0 atom stereocenters. The summed E-state index contributed by atoms with van der Waals surface area (Å²) in [6.45, 7) is 8.57. The second kappa shape index (κ2) is 7.41. The van der Waals surface area contributed by atoms with Crippen molar-refractivity contribution in [2.75, 3.05) is 6.54 Å². The van der Waals surface area contributed by atoms with E-state index in [9.17, 15) is 4.79 Å². The lowest BCUT2D eigenvalue weighted by atomic mass is 9.93. The summed E-state index contributed by atoms with van der Waals surface area (Å²) in [4.78, 5) is 11.4. The number of hydrogen-bond donors (Lipinski definition) is 1. The van der Waals surface area contributed by atoms with Crippen LogP contribution in [0.5, 0.6) is 0 Å². The molecule has 1 aromatic rings. The van der Waals surface area contributed by atoms with Crippen molar-refractivity contribution in [3.63, 3.8) is 0 Å². The second-order valence-corrected chi connectivity index (χ2v) is 4.87. The van der Waals surface area contributed by atoms with Crippen molar-refractivity contribution in [1.29, 1.82) is 0 Å². The van der Waals surface area contributed by atoms with Gasteiger partial charge in [-0.15, -0.1) is 6.58 Å². The van der Waals surface area contributed by atoms with Gasteiger partial charge in [-0.05, 0) is 5.56 Å². The number of carbonyl (C=O) groups is 1. The highest BCUT2D eigenvalue weighted by Crippen LogP contribution is 2.16. The highest BCUT2D eigenvalue weighted by atomic mass is 16.5.